The molecule has 6 heteroatoms. The summed E-state index contributed by atoms with van der Waals surface area (Å²) in [4.78, 5) is 34.4. The lowest BCUT2D eigenvalue weighted by atomic mass is 9.89. The molecule has 0 fully saturated rings. The number of anilines is 1. The topological polar surface area (TPSA) is 95.5 Å². The van der Waals surface area contributed by atoms with Gasteiger partial charge in [0.05, 0.1) is 5.92 Å². The Morgan fingerprint density at radius 2 is 2.14 bits per heavy atom. The summed E-state index contributed by atoms with van der Waals surface area (Å²) < 4.78 is 0. The second-order valence-corrected chi connectivity index (χ2v) is 5.63. The molecule has 22 heavy (non-hydrogen) atoms. The molecule has 0 saturated heterocycles. The summed E-state index contributed by atoms with van der Waals surface area (Å²) in [6.07, 6.45) is 1.29. The van der Waals surface area contributed by atoms with Crippen molar-refractivity contribution in [3.05, 3.63) is 29.8 Å². The van der Waals surface area contributed by atoms with Crippen LogP contribution in [-0.2, 0) is 20.8 Å². The van der Waals surface area contributed by atoms with Crippen LogP contribution in [0.25, 0.3) is 0 Å². The lowest BCUT2D eigenvalue weighted by molar-refractivity contribution is -0.141. The Morgan fingerprint density at radius 3 is 2.86 bits per heavy atom. The molecule has 1 aromatic rings. The highest BCUT2D eigenvalue weighted by molar-refractivity contribution is 5.96. The van der Waals surface area contributed by atoms with Gasteiger partial charge >= 0.3 is 5.97 Å². The van der Waals surface area contributed by atoms with Crippen molar-refractivity contribution in [1.82, 2.24) is 5.32 Å². The van der Waals surface area contributed by atoms with Crippen LogP contribution in [0.5, 0.6) is 0 Å². The minimum absolute atomic E-state index is 0.0644. The van der Waals surface area contributed by atoms with Gasteiger partial charge < -0.3 is 15.7 Å². The fourth-order valence-electron chi connectivity index (χ4n) is 2.39. The van der Waals surface area contributed by atoms with Crippen LogP contribution < -0.4 is 10.6 Å². The first-order valence-electron chi connectivity index (χ1n) is 7.35. The monoisotopic (exact) mass is 304 g/mol. The van der Waals surface area contributed by atoms with Crippen LogP contribution in [0.1, 0.15) is 25.3 Å². The Balaban J connectivity index is 1.81. The Bertz CT molecular complexity index is 585. The largest absolute Gasteiger partial charge is 0.481 e. The third-order valence-corrected chi connectivity index (χ3v) is 3.86. The van der Waals surface area contributed by atoms with Crippen LogP contribution in [0.4, 0.5) is 5.69 Å². The summed E-state index contributed by atoms with van der Waals surface area (Å²) in [6.45, 7) is 1.64. The van der Waals surface area contributed by atoms with Gasteiger partial charge in [0.15, 0.2) is 0 Å². The van der Waals surface area contributed by atoms with Gasteiger partial charge in [0.25, 0.3) is 0 Å². The summed E-state index contributed by atoms with van der Waals surface area (Å²) >= 11 is 0. The van der Waals surface area contributed by atoms with E-state index in [0.717, 1.165) is 11.3 Å². The maximum atomic E-state index is 12.0. The lowest BCUT2D eigenvalue weighted by Crippen LogP contribution is -2.34. The molecule has 1 aliphatic heterocycles. The Morgan fingerprint density at radius 1 is 1.41 bits per heavy atom. The molecule has 0 radical (unpaired) electrons. The normalized spacial score (nSPS) is 18.0. The number of carbonyl (C=O) groups excluding carboxylic acids is 2. The Labute approximate surface area is 128 Å². The second-order valence-electron chi connectivity index (χ2n) is 5.63. The van der Waals surface area contributed by atoms with Crippen molar-refractivity contribution in [2.75, 3.05) is 11.9 Å². The number of hydrogen-bond acceptors (Lipinski definition) is 3. The zero-order valence-electron chi connectivity index (χ0n) is 12.5. The third kappa shape index (κ3) is 4.07. The predicted octanol–water partition coefficient (Wildman–Crippen LogP) is 1.41. The average Bonchev–Trinajstić information content (AvgIpc) is 2.50. The lowest BCUT2D eigenvalue weighted by Gasteiger charge is -2.24. The molecule has 6 nitrogen and oxygen atoms in total. The van der Waals surface area contributed by atoms with Gasteiger partial charge in [0, 0.05) is 24.6 Å². The van der Waals surface area contributed by atoms with Gasteiger partial charge in [-0.2, -0.15) is 0 Å². The van der Waals surface area contributed by atoms with Gasteiger partial charge in [0.1, 0.15) is 0 Å². The number of benzene rings is 1. The van der Waals surface area contributed by atoms with Crippen molar-refractivity contribution in [3.8, 4) is 0 Å². The summed E-state index contributed by atoms with van der Waals surface area (Å²) in [7, 11) is 0. The number of fused-ring (bicyclic) bond motifs is 1. The van der Waals surface area contributed by atoms with Gasteiger partial charge in [-0.3, -0.25) is 14.4 Å². The van der Waals surface area contributed by atoms with Crippen molar-refractivity contribution < 1.29 is 19.5 Å². The molecule has 2 unspecified atom stereocenters. The summed E-state index contributed by atoms with van der Waals surface area (Å²) in [6, 6.07) is 7.63. The maximum absolute atomic E-state index is 12.0. The molecule has 0 aliphatic carbocycles. The van der Waals surface area contributed by atoms with Gasteiger partial charge in [-0.05, 0) is 24.5 Å². The molecule has 0 bridgehead atoms. The van der Waals surface area contributed by atoms with Gasteiger partial charge in [-0.15, -0.1) is 0 Å². The van der Waals surface area contributed by atoms with Crippen LogP contribution in [0.15, 0.2) is 24.3 Å². The van der Waals surface area contributed by atoms with Gasteiger partial charge in [0.2, 0.25) is 11.8 Å². The number of amides is 2. The van der Waals surface area contributed by atoms with Crippen LogP contribution >= 0.6 is 0 Å². The molecule has 1 heterocycles. The quantitative estimate of drug-likeness (QED) is 0.740. The molecular formula is C16H20N2O4. The maximum Gasteiger partial charge on any atom is 0.308 e. The van der Waals surface area contributed by atoms with Crippen molar-refractivity contribution >= 4 is 23.5 Å². The molecule has 118 valence electrons. The van der Waals surface area contributed by atoms with Crippen LogP contribution in [0.3, 0.4) is 0 Å². The van der Waals surface area contributed by atoms with Crippen molar-refractivity contribution in [1.29, 1.82) is 0 Å². The molecule has 3 N–H and O–H groups in total. The molecule has 2 atom stereocenters. The van der Waals surface area contributed by atoms with E-state index >= 15 is 0 Å². The number of carboxylic acids is 1. The summed E-state index contributed by atoms with van der Waals surface area (Å²) in [5.74, 6) is -2.07. The highest BCUT2D eigenvalue weighted by atomic mass is 16.4. The number of carboxylic acid groups (broad SMARTS) is 1. The summed E-state index contributed by atoms with van der Waals surface area (Å²) in [5, 5.41) is 14.2. The molecule has 0 saturated carbocycles. The number of carbonyl (C=O) groups is 3. The first-order chi connectivity index (χ1) is 10.5. The fourth-order valence-corrected chi connectivity index (χ4v) is 2.39. The number of hydrogen-bond donors (Lipinski definition) is 3. The molecule has 0 spiro atoms. The fraction of sp³-hybridized carbons (Fsp3) is 0.438. The zero-order chi connectivity index (χ0) is 16.1. The van der Waals surface area contributed by atoms with Gasteiger partial charge in [-0.25, -0.2) is 0 Å². The van der Waals surface area contributed by atoms with E-state index in [0.29, 0.717) is 12.8 Å². The van der Waals surface area contributed by atoms with Crippen LogP contribution in [0, 0.1) is 11.8 Å². The predicted molar refractivity (Wildman–Crippen MR) is 81.3 cm³/mol. The van der Waals surface area contributed by atoms with Crippen LogP contribution in [0.2, 0.25) is 0 Å². The SMILES string of the molecule is CC(CNC(=O)CCC1Cc2ccccc2NC1=O)C(=O)O. The van der Waals surface area contributed by atoms with E-state index in [1.54, 1.807) is 0 Å². The van der Waals surface area contributed by atoms with E-state index in [4.69, 9.17) is 5.11 Å². The summed E-state index contributed by atoms with van der Waals surface area (Å²) in [5.41, 5.74) is 1.91. The highest BCUT2D eigenvalue weighted by Gasteiger charge is 2.26. The smallest absolute Gasteiger partial charge is 0.308 e. The molecular weight excluding hydrogens is 284 g/mol. The highest BCUT2D eigenvalue weighted by Crippen LogP contribution is 2.27. The minimum Gasteiger partial charge on any atom is -0.481 e. The molecule has 1 aliphatic rings. The first-order valence-corrected chi connectivity index (χ1v) is 7.35. The standard InChI is InChI=1S/C16H20N2O4/c1-10(16(21)22)9-17-14(19)7-6-12-8-11-4-2-3-5-13(11)18-15(12)20/h2-5,10,12H,6-9H2,1H3,(H,17,19)(H,18,20)(H,21,22). The van der Waals surface area contributed by atoms with Crippen molar-refractivity contribution in [2.24, 2.45) is 11.8 Å². The number of nitrogens with one attached hydrogen (secondary N) is 2. The number of para-hydroxylation sites is 1. The number of aliphatic carboxylic acids is 1. The Hall–Kier alpha value is -2.37. The zero-order valence-corrected chi connectivity index (χ0v) is 12.5. The molecule has 0 aromatic heterocycles. The first kappa shape index (κ1) is 16.0. The molecule has 2 rings (SSSR count). The minimum atomic E-state index is -0.941. The van der Waals surface area contributed by atoms with E-state index in [1.807, 2.05) is 24.3 Å². The van der Waals surface area contributed by atoms with Gasteiger partial charge in [-0.1, -0.05) is 25.1 Å². The molecule has 2 amide bonds. The van der Waals surface area contributed by atoms with E-state index in [2.05, 4.69) is 10.6 Å². The average molecular weight is 304 g/mol. The molecule has 1 aromatic carbocycles. The van der Waals surface area contributed by atoms with Crippen LogP contribution in [-0.4, -0.2) is 29.4 Å². The number of rotatable bonds is 6. The van der Waals surface area contributed by atoms with E-state index in [-0.39, 0.29) is 30.7 Å². The van der Waals surface area contributed by atoms with Crippen molar-refractivity contribution in [2.45, 2.75) is 26.2 Å². The van der Waals surface area contributed by atoms with E-state index < -0.39 is 11.9 Å². The third-order valence-electron chi connectivity index (χ3n) is 3.86. The van der Waals surface area contributed by atoms with Crippen molar-refractivity contribution in [3.63, 3.8) is 0 Å². The second kappa shape index (κ2) is 7.06. The van der Waals surface area contributed by atoms with E-state index in [1.165, 1.54) is 6.92 Å². The van der Waals surface area contributed by atoms with E-state index in [9.17, 15) is 14.4 Å². The Kier molecular flexibility index (Phi) is 5.14.